The van der Waals surface area contributed by atoms with Crippen LogP contribution in [0.1, 0.15) is 24.8 Å². The van der Waals surface area contributed by atoms with E-state index in [1.807, 2.05) is 24.3 Å². The maximum atomic E-state index is 11.4. The molecule has 1 heterocycles. The Hall–Kier alpha value is -2.61. The Morgan fingerprint density at radius 3 is 2.95 bits per heavy atom. The number of anilines is 1. The molecule has 1 aromatic carbocycles. The summed E-state index contributed by atoms with van der Waals surface area (Å²) in [5.74, 6) is 0.373. The van der Waals surface area contributed by atoms with E-state index in [-0.39, 0.29) is 17.9 Å². The highest BCUT2D eigenvalue weighted by atomic mass is 16.1. The number of carbonyl (C=O) groups excluding carboxylic acids is 1. The quantitative estimate of drug-likeness (QED) is 0.901. The minimum atomic E-state index is -0.246. The molecule has 1 aliphatic carbocycles. The molecule has 0 aliphatic heterocycles. The van der Waals surface area contributed by atoms with Gasteiger partial charge in [0.05, 0.1) is 23.1 Å². The fourth-order valence-electron chi connectivity index (χ4n) is 2.94. The number of nitriles is 1. The van der Waals surface area contributed by atoms with Crippen molar-refractivity contribution < 1.29 is 4.79 Å². The van der Waals surface area contributed by atoms with E-state index in [0.29, 0.717) is 5.56 Å². The molecule has 2 atom stereocenters. The third kappa shape index (κ3) is 2.65. The topological polar surface area (TPSA) is 91.8 Å². The van der Waals surface area contributed by atoms with Crippen LogP contribution in [0.2, 0.25) is 0 Å². The van der Waals surface area contributed by atoms with E-state index in [0.717, 1.165) is 36.0 Å². The number of carbonyl (C=O) groups is 1. The normalized spacial score (nSPS) is 21.1. The van der Waals surface area contributed by atoms with Gasteiger partial charge < -0.3 is 11.1 Å². The Morgan fingerprint density at radius 1 is 1.33 bits per heavy atom. The molecule has 1 saturated carbocycles. The molecule has 1 amide bonds. The zero-order valence-corrected chi connectivity index (χ0v) is 11.5. The fourth-order valence-corrected chi connectivity index (χ4v) is 2.94. The molecule has 0 bridgehead atoms. The maximum Gasteiger partial charge on any atom is 0.222 e. The van der Waals surface area contributed by atoms with Crippen LogP contribution < -0.4 is 11.1 Å². The number of rotatable bonds is 3. The number of pyridine rings is 1. The molecule has 106 valence electrons. The number of hydrogen-bond acceptors (Lipinski definition) is 4. The molecule has 1 aliphatic rings. The highest BCUT2D eigenvalue weighted by molar-refractivity contribution is 5.82. The van der Waals surface area contributed by atoms with E-state index in [9.17, 15) is 4.79 Å². The van der Waals surface area contributed by atoms with Crippen molar-refractivity contribution in [2.45, 2.75) is 25.3 Å². The molecule has 1 aromatic heterocycles. The van der Waals surface area contributed by atoms with Gasteiger partial charge in [-0.25, -0.2) is 4.98 Å². The van der Waals surface area contributed by atoms with Crippen LogP contribution in [0.4, 0.5) is 5.82 Å². The molecule has 5 heteroatoms. The molecule has 2 aromatic rings. The van der Waals surface area contributed by atoms with Crippen molar-refractivity contribution in [1.29, 1.82) is 5.26 Å². The van der Waals surface area contributed by atoms with Gasteiger partial charge in [0.25, 0.3) is 0 Å². The Balaban J connectivity index is 1.85. The number of fused-ring (bicyclic) bond motifs is 1. The molecular formula is C16H16N4O. The number of hydrogen-bond donors (Lipinski definition) is 2. The fraction of sp³-hybridized carbons (Fsp3) is 0.312. The highest BCUT2D eigenvalue weighted by Gasteiger charge is 2.31. The van der Waals surface area contributed by atoms with Crippen molar-refractivity contribution in [3.63, 3.8) is 0 Å². The van der Waals surface area contributed by atoms with Crippen LogP contribution in [0.5, 0.6) is 0 Å². The summed E-state index contributed by atoms with van der Waals surface area (Å²) in [7, 11) is 0. The van der Waals surface area contributed by atoms with Crippen molar-refractivity contribution in [3.8, 4) is 6.07 Å². The summed E-state index contributed by atoms with van der Waals surface area (Å²) in [4.78, 5) is 16.0. The van der Waals surface area contributed by atoms with Crippen LogP contribution in [0.3, 0.4) is 0 Å². The van der Waals surface area contributed by atoms with Crippen LogP contribution in [-0.4, -0.2) is 16.9 Å². The predicted octanol–water partition coefficient (Wildman–Crippen LogP) is 2.17. The highest BCUT2D eigenvalue weighted by Crippen LogP contribution is 2.28. The van der Waals surface area contributed by atoms with Gasteiger partial charge >= 0.3 is 0 Å². The zero-order chi connectivity index (χ0) is 14.8. The predicted molar refractivity (Wildman–Crippen MR) is 80.4 cm³/mol. The number of nitrogens with two attached hydrogens (primary N) is 1. The average Bonchev–Trinajstić information content (AvgIpc) is 2.95. The first kappa shape index (κ1) is 13.4. The van der Waals surface area contributed by atoms with Crippen molar-refractivity contribution in [1.82, 2.24) is 4.98 Å². The first-order valence-electron chi connectivity index (χ1n) is 7.04. The molecule has 0 saturated heterocycles. The molecule has 3 N–H and O–H groups in total. The smallest absolute Gasteiger partial charge is 0.222 e. The van der Waals surface area contributed by atoms with Gasteiger partial charge in [-0.3, -0.25) is 4.79 Å². The number of aromatic nitrogens is 1. The number of nitrogens with one attached hydrogen (secondary N) is 1. The Bertz CT molecular complexity index is 735. The van der Waals surface area contributed by atoms with E-state index in [2.05, 4.69) is 16.4 Å². The lowest BCUT2D eigenvalue weighted by Gasteiger charge is -2.19. The molecule has 21 heavy (non-hydrogen) atoms. The lowest BCUT2D eigenvalue weighted by atomic mass is 10.0. The van der Waals surface area contributed by atoms with Gasteiger partial charge in [0.1, 0.15) is 5.82 Å². The van der Waals surface area contributed by atoms with Gasteiger partial charge in [0.2, 0.25) is 5.91 Å². The summed E-state index contributed by atoms with van der Waals surface area (Å²) in [6.45, 7) is 0. The van der Waals surface area contributed by atoms with E-state index in [1.165, 1.54) is 0 Å². The van der Waals surface area contributed by atoms with Gasteiger partial charge in [0, 0.05) is 11.4 Å². The summed E-state index contributed by atoms with van der Waals surface area (Å²) in [5, 5.41) is 13.1. The zero-order valence-electron chi connectivity index (χ0n) is 11.5. The summed E-state index contributed by atoms with van der Waals surface area (Å²) < 4.78 is 0. The number of amides is 1. The van der Waals surface area contributed by atoms with Crippen LogP contribution in [-0.2, 0) is 4.79 Å². The lowest BCUT2D eigenvalue weighted by molar-refractivity contribution is -0.121. The Labute approximate surface area is 122 Å². The molecule has 5 nitrogen and oxygen atoms in total. The minimum Gasteiger partial charge on any atom is -0.369 e. The second-order valence-corrected chi connectivity index (χ2v) is 5.41. The van der Waals surface area contributed by atoms with Crippen molar-refractivity contribution >= 4 is 22.6 Å². The summed E-state index contributed by atoms with van der Waals surface area (Å²) in [6, 6.07) is 11.4. The Kier molecular flexibility index (Phi) is 3.44. The summed E-state index contributed by atoms with van der Waals surface area (Å²) >= 11 is 0. The van der Waals surface area contributed by atoms with Gasteiger partial charge in [-0.2, -0.15) is 5.26 Å². The van der Waals surface area contributed by atoms with Crippen LogP contribution in [0, 0.1) is 17.2 Å². The number of benzene rings is 1. The van der Waals surface area contributed by atoms with Crippen LogP contribution >= 0.6 is 0 Å². The van der Waals surface area contributed by atoms with Gasteiger partial charge in [0.15, 0.2) is 0 Å². The molecular weight excluding hydrogens is 264 g/mol. The Morgan fingerprint density at radius 2 is 2.19 bits per heavy atom. The van der Waals surface area contributed by atoms with E-state index < -0.39 is 0 Å². The van der Waals surface area contributed by atoms with Gasteiger partial charge in [-0.1, -0.05) is 6.42 Å². The molecule has 0 unspecified atom stereocenters. The van der Waals surface area contributed by atoms with Gasteiger partial charge in [-0.05, 0) is 43.2 Å². The SMILES string of the molecule is N#Cc1ccc2nc(N[C@@H]3CCC[C@@H]3C(N)=O)ccc2c1. The molecule has 0 spiro atoms. The number of primary amides is 1. The third-order valence-electron chi connectivity index (χ3n) is 4.03. The molecule has 3 rings (SSSR count). The first-order valence-corrected chi connectivity index (χ1v) is 7.04. The standard InChI is InChI=1S/C16H16N4O/c17-9-10-4-6-13-11(8-10)5-7-15(19-13)20-14-3-1-2-12(14)16(18)21/h4-8,12,14H,1-3H2,(H2,18,21)(H,19,20)/t12-,14+/m0/s1. The van der Waals surface area contributed by atoms with Crippen molar-refractivity contribution in [2.75, 3.05) is 5.32 Å². The first-order chi connectivity index (χ1) is 10.2. The second-order valence-electron chi connectivity index (χ2n) is 5.41. The van der Waals surface area contributed by atoms with E-state index in [1.54, 1.807) is 6.07 Å². The second kappa shape index (κ2) is 5.41. The van der Waals surface area contributed by atoms with Crippen LogP contribution in [0.25, 0.3) is 10.9 Å². The van der Waals surface area contributed by atoms with Crippen LogP contribution in [0.15, 0.2) is 30.3 Å². The molecule has 0 radical (unpaired) electrons. The summed E-state index contributed by atoms with van der Waals surface area (Å²) in [5.41, 5.74) is 6.88. The minimum absolute atomic E-state index is 0.0610. The maximum absolute atomic E-state index is 11.4. The van der Waals surface area contributed by atoms with Crippen molar-refractivity contribution in [2.24, 2.45) is 11.7 Å². The third-order valence-corrected chi connectivity index (χ3v) is 4.03. The summed E-state index contributed by atoms with van der Waals surface area (Å²) in [6.07, 6.45) is 2.77. The lowest BCUT2D eigenvalue weighted by Crippen LogP contribution is -2.34. The molecule has 1 fully saturated rings. The van der Waals surface area contributed by atoms with E-state index in [4.69, 9.17) is 11.0 Å². The van der Waals surface area contributed by atoms with Crippen molar-refractivity contribution in [3.05, 3.63) is 35.9 Å². The van der Waals surface area contributed by atoms with E-state index >= 15 is 0 Å². The number of nitrogens with zero attached hydrogens (tertiary/aromatic N) is 2. The average molecular weight is 280 g/mol. The largest absolute Gasteiger partial charge is 0.369 e. The van der Waals surface area contributed by atoms with Gasteiger partial charge in [-0.15, -0.1) is 0 Å². The monoisotopic (exact) mass is 280 g/mol.